The Labute approximate surface area is 84.1 Å². The summed E-state index contributed by atoms with van der Waals surface area (Å²) in [6.45, 7) is 0. The number of carbonyl (C=O) groups is 1. The van der Waals surface area contributed by atoms with E-state index in [4.69, 9.17) is 0 Å². The van der Waals surface area contributed by atoms with Gasteiger partial charge in [0, 0.05) is 12.8 Å². The van der Waals surface area contributed by atoms with Crippen molar-refractivity contribution < 1.29 is 4.79 Å². The van der Waals surface area contributed by atoms with Crippen LogP contribution in [0.25, 0.3) is 0 Å². The van der Waals surface area contributed by atoms with Crippen molar-refractivity contribution in [3.8, 4) is 0 Å². The van der Waals surface area contributed by atoms with Crippen molar-refractivity contribution in [2.45, 2.75) is 38.0 Å². The van der Waals surface area contributed by atoms with E-state index in [0.717, 1.165) is 18.8 Å². The first-order valence-electron chi connectivity index (χ1n) is 5.47. The Morgan fingerprint density at radius 2 is 2.00 bits per heavy atom. The third-order valence-corrected chi connectivity index (χ3v) is 3.37. The zero-order chi connectivity index (χ0) is 9.54. The average molecular weight is 186 g/mol. The second-order valence-corrected chi connectivity index (χ2v) is 4.47. The highest BCUT2D eigenvalue weighted by Crippen LogP contribution is 2.43. The SMILES string of the molecule is O=C1CCc2c(cccc2C2CC2)C1. The molecule has 0 aliphatic heterocycles. The zero-order valence-corrected chi connectivity index (χ0v) is 8.25. The smallest absolute Gasteiger partial charge is 0.137 e. The van der Waals surface area contributed by atoms with Crippen molar-refractivity contribution in [3.05, 3.63) is 34.9 Å². The summed E-state index contributed by atoms with van der Waals surface area (Å²) < 4.78 is 0. The first-order valence-corrected chi connectivity index (χ1v) is 5.47. The quantitative estimate of drug-likeness (QED) is 0.659. The van der Waals surface area contributed by atoms with Gasteiger partial charge in [-0.05, 0) is 41.9 Å². The number of hydrogen-bond acceptors (Lipinski definition) is 1. The predicted octanol–water partition coefficient (Wildman–Crippen LogP) is 2.62. The lowest BCUT2D eigenvalue weighted by molar-refractivity contribution is -0.118. The number of ketones is 1. The number of benzene rings is 1. The van der Waals surface area contributed by atoms with Gasteiger partial charge in [0.1, 0.15) is 5.78 Å². The Morgan fingerprint density at radius 1 is 1.14 bits per heavy atom. The molecule has 72 valence electrons. The maximum atomic E-state index is 11.3. The molecule has 1 saturated carbocycles. The van der Waals surface area contributed by atoms with Crippen molar-refractivity contribution >= 4 is 5.78 Å². The van der Waals surface area contributed by atoms with Crippen LogP contribution in [0, 0.1) is 0 Å². The Kier molecular flexibility index (Phi) is 1.73. The van der Waals surface area contributed by atoms with E-state index in [1.165, 1.54) is 29.5 Å². The van der Waals surface area contributed by atoms with Crippen molar-refractivity contribution in [1.82, 2.24) is 0 Å². The summed E-state index contributed by atoms with van der Waals surface area (Å²) in [5.41, 5.74) is 4.33. The van der Waals surface area contributed by atoms with Gasteiger partial charge in [0.05, 0.1) is 0 Å². The second-order valence-electron chi connectivity index (χ2n) is 4.47. The normalized spacial score (nSPS) is 20.7. The van der Waals surface area contributed by atoms with E-state index in [-0.39, 0.29) is 0 Å². The molecule has 0 N–H and O–H groups in total. The van der Waals surface area contributed by atoms with Crippen LogP contribution in [-0.4, -0.2) is 5.78 Å². The van der Waals surface area contributed by atoms with Gasteiger partial charge >= 0.3 is 0 Å². The van der Waals surface area contributed by atoms with E-state index in [0.29, 0.717) is 12.2 Å². The van der Waals surface area contributed by atoms with Gasteiger partial charge < -0.3 is 0 Å². The molecule has 0 spiro atoms. The number of rotatable bonds is 1. The van der Waals surface area contributed by atoms with E-state index >= 15 is 0 Å². The van der Waals surface area contributed by atoms with Crippen LogP contribution < -0.4 is 0 Å². The fraction of sp³-hybridized carbons (Fsp3) is 0.462. The molecule has 1 nitrogen and oxygen atoms in total. The minimum Gasteiger partial charge on any atom is -0.299 e. The van der Waals surface area contributed by atoms with Gasteiger partial charge in [-0.2, -0.15) is 0 Å². The van der Waals surface area contributed by atoms with E-state index in [2.05, 4.69) is 18.2 Å². The number of fused-ring (bicyclic) bond motifs is 1. The summed E-state index contributed by atoms with van der Waals surface area (Å²) in [6.07, 6.45) is 5.13. The topological polar surface area (TPSA) is 17.1 Å². The van der Waals surface area contributed by atoms with Crippen LogP contribution in [0.1, 0.15) is 41.9 Å². The second kappa shape index (κ2) is 2.94. The third-order valence-electron chi connectivity index (χ3n) is 3.37. The van der Waals surface area contributed by atoms with Crippen LogP contribution in [-0.2, 0) is 17.6 Å². The maximum Gasteiger partial charge on any atom is 0.137 e. The summed E-state index contributed by atoms with van der Waals surface area (Å²) >= 11 is 0. The Balaban J connectivity index is 2.06. The molecule has 1 fully saturated rings. The highest BCUT2D eigenvalue weighted by atomic mass is 16.1. The summed E-state index contributed by atoms with van der Waals surface area (Å²) in [7, 11) is 0. The largest absolute Gasteiger partial charge is 0.299 e. The van der Waals surface area contributed by atoms with E-state index < -0.39 is 0 Å². The van der Waals surface area contributed by atoms with E-state index in [1.807, 2.05) is 0 Å². The highest BCUT2D eigenvalue weighted by molar-refractivity contribution is 5.83. The van der Waals surface area contributed by atoms with E-state index in [1.54, 1.807) is 0 Å². The number of carbonyl (C=O) groups excluding carboxylic acids is 1. The molecule has 1 aromatic rings. The lowest BCUT2D eigenvalue weighted by Gasteiger charge is -2.18. The molecule has 2 aliphatic carbocycles. The number of Topliss-reactive ketones (excluding diaryl/α,β-unsaturated/α-hetero) is 1. The standard InChI is InChI=1S/C13H14O/c14-11-6-7-13-10(8-11)2-1-3-12(13)9-4-5-9/h1-3,9H,4-8H2. The molecule has 0 aromatic heterocycles. The van der Waals surface area contributed by atoms with Crippen molar-refractivity contribution in [3.63, 3.8) is 0 Å². The average Bonchev–Trinajstić information content (AvgIpc) is 2.99. The molecule has 0 saturated heterocycles. The van der Waals surface area contributed by atoms with Gasteiger partial charge in [-0.3, -0.25) is 4.79 Å². The summed E-state index contributed by atoms with van der Waals surface area (Å²) in [4.78, 5) is 11.3. The molecule has 0 unspecified atom stereocenters. The maximum absolute atomic E-state index is 11.3. The molecule has 0 amide bonds. The summed E-state index contributed by atoms with van der Waals surface area (Å²) in [5, 5.41) is 0. The Bertz CT molecular complexity index is 388. The molecule has 0 bridgehead atoms. The zero-order valence-electron chi connectivity index (χ0n) is 8.25. The van der Waals surface area contributed by atoms with Crippen molar-refractivity contribution in [1.29, 1.82) is 0 Å². The fourth-order valence-electron chi connectivity index (χ4n) is 2.47. The first kappa shape index (κ1) is 8.22. The monoisotopic (exact) mass is 186 g/mol. The van der Waals surface area contributed by atoms with Crippen molar-refractivity contribution in [2.24, 2.45) is 0 Å². The first-order chi connectivity index (χ1) is 6.84. The minimum absolute atomic E-state index is 0.408. The fourth-order valence-corrected chi connectivity index (χ4v) is 2.47. The molecule has 1 heteroatoms. The Hall–Kier alpha value is -1.11. The van der Waals surface area contributed by atoms with Crippen LogP contribution in [0.4, 0.5) is 0 Å². The predicted molar refractivity (Wildman–Crippen MR) is 55.4 cm³/mol. The van der Waals surface area contributed by atoms with E-state index in [9.17, 15) is 4.79 Å². The van der Waals surface area contributed by atoms with Gasteiger partial charge in [-0.25, -0.2) is 0 Å². The lowest BCUT2D eigenvalue weighted by atomic mass is 9.86. The molecule has 0 radical (unpaired) electrons. The van der Waals surface area contributed by atoms with Gasteiger partial charge in [0.15, 0.2) is 0 Å². The minimum atomic E-state index is 0.408. The van der Waals surface area contributed by atoms with Crippen LogP contribution in [0.3, 0.4) is 0 Å². The van der Waals surface area contributed by atoms with Crippen molar-refractivity contribution in [2.75, 3.05) is 0 Å². The lowest BCUT2D eigenvalue weighted by Crippen LogP contribution is -2.14. The van der Waals surface area contributed by atoms with Gasteiger partial charge in [0.25, 0.3) is 0 Å². The van der Waals surface area contributed by atoms with Crippen LogP contribution in [0.15, 0.2) is 18.2 Å². The van der Waals surface area contributed by atoms with Gasteiger partial charge in [0.2, 0.25) is 0 Å². The summed E-state index contributed by atoms with van der Waals surface area (Å²) in [6, 6.07) is 6.50. The molecule has 0 atom stereocenters. The molecule has 14 heavy (non-hydrogen) atoms. The molecular formula is C13H14O. The van der Waals surface area contributed by atoms with Crippen LogP contribution in [0.5, 0.6) is 0 Å². The molecule has 0 heterocycles. The van der Waals surface area contributed by atoms with Gasteiger partial charge in [-0.1, -0.05) is 18.2 Å². The van der Waals surface area contributed by atoms with Crippen LogP contribution in [0.2, 0.25) is 0 Å². The molecular weight excluding hydrogens is 172 g/mol. The highest BCUT2D eigenvalue weighted by Gasteiger charge is 2.28. The Morgan fingerprint density at radius 3 is 2.79 bits per heavy atom. The molecule has 1 aromatic carbocycles. The molecule has 2 aliphatic rings. The van der Waals surface area contributed by atoms with Gasteiger partial charge in [-0.15, -0.1) is 0 Å². The molecule has 3 rings (SSSR count). The van der Waals surface area contributed by atoms with Crippen LogP contribution >= 0.6 is 0 Å². The number of hydrogen-bond donors (Lipinski definition) is 0. The summed E-state index contributed by atoms with van der Waals surface area (Å²) in [5.74, 6) is 1.23. The third kappa shape index (κ3) is 1.28.